The van der Waals surface area contributed by atoms with E-state index in [4.69, 9.17) is 0 Å². The fourth-order valence-electron chi connectivity index (χ4n) is 1.50. The first-order valence-electron chi connectivity index (χ1n) is 4.33. The van der Waals surface area contributed by atoms with Gasteiger partial charge >= 0.3 is 0 Å². The molecule has 2 heteroatoms. The van der Waals surface area contributed by atoms with Gasteiger partial charge in [-0.05, 0) is 19.4 Å². The van der Waals surface area contributed by atoms with E-state index in [1.807, 2.05) is 19.9 Å². The number of hydrogen-bond donors (Lipinski definition) is 1. The van der Waals surface area contributed by atoms with Crippen molar-refractivity contribution in [2.75, 3.05) is 6.54 Å². The van der Waals surface area contributed by atoms with Crippen LogP contribution < -0.4 is 5.32 Å². The predicted octanol–water partition coefficient (Wildman–Crippen LogP) is 1.64. The zero-order chi connectivity index (χ0) is 8.97. The molecule has 0 aromatic heterocycles. The third kappa shape index (κ3) is 1.97. The molecule has 0 aromatic carbocycles. The maximum atomic E-state index is 10.9. The maximum Gasteiger partial charge on any atom is 0.220 e. The van der Waals surface area contributed by atoms with Gasteiger partial charge in [-0.3, -0.25) is 4.79 Å². The van der Waals surface area contributed by atoms with Gasteiger partial charge in [0.15, 0.2) is 0 Å². The molecule has 1 unspecified atom stereocenters. The maximum absolute atomic E-state index is 10.9. The van der Waals surface area contributed by atoms with Gasteiger partial charge in [0, 0.05) is 18.9 Å². The highest BCUT2D eigenvalue weighted by atomic mass is 16.1. The lowest BCUT2D eigenvalue weighted by Gasteiger charge is -2.06. The molecule has 0 spiro atoms. The molecule has 0 aromatic rings. The van der Waals surface area contributed by atoms with Crippen LogP contribution >= 0.6 is 0 Å². The van der Waals surface area contributed by atoms with Crippen LogP contribution in [-0.2, 0) is 4.79 Å². The van der Waals surface area contributed by atoms with Crippen molar-refractivity contribution in [1.29, 1.82) is 0 Å². The molecule has 1 heterocycles. The van der Waals surface area contributed by atoms with Gasteiger partial charge in [0.25, 0.3) is 0 Å². The van der Waals surface area contributed by atoms with Crippen LogP contribution in [0.1, 0.15) is 20.3 Å². The van der Waals surface area contributed by atoms with Gasteiger partial charge < -0.3 is 5.32 Å². The highest BCUT2D eigenvalue weighted by Crippen LogP contribution is 2.19. The SMILES string of the molecule is C/C=C\C(=C/C)C1CNC(=O)C1. The standard InChI is InChI=1S/C10H15NO/c1-3-5-8(4-2)9-6-10(12)11-7-9/h3-5,9H,6-7H2,1-2H3,(H,11,12)/b5-3-,8-4+. The molecule has 0 aliphatic carbocycles. The zero-order valence-corrected chi connectivity index (χ0v) is 7.63. The minimum absolute atomic E-state index is 0.170. The van der Waals surface area contributed by atoms with E-state index >= 15 is 0 Å². The summed E-state index contributed by atoms with van der Waals surface area (Å²) >= 11 is 0. The average molecular weight is 165 g/mol. The first-order chi connectivity index (χ1) is 5.77. The van der Waals surface area contributed by atoms with Crippen LogP contribution in [0.2, 0.25) is 0 Å². The topological polar surface area (TPSA) is 29.1 Å². The molecule has 1 fully saturated rings. The Morgan fingerprint density at radius 3 is 2.75 bits per heavy atom. The molecule has 1 amide bonds. The van der Waals surface area contributed by atoms with E-state index in [9.17, 15) is 4.79 Å². The summed E-state index contributed by atoms with van der Waals surface area (Å²) in [4.78, 5) is 10.9. The second-order valence-electron chi connectivity index (χ2n) is 2.99. The molecule has 1 saturated heterocycles. The lowest BCUT2D eigenvalue weighted by Crippen LogP contribution is -2.14. The summed E-state index contributed by atoms with van der Waals surface area (Å²) in [5.74, 6) is 0.558. The Morgan fingerprint density at radius 2 is 2.33 bits per heavy atom. The molecule has 66 valence electrons. The Bertz CT molecular complexity index is 228. The molecular formula is C10H15NO. The van der Waals surface area contributed by atoms with Gasteiger partial charge in [-0.2, -0.15) is 0 Å². The molecule has 1 atom stereocenters. The van der Waals surface area contributed by atoms with Crippen molar-refractivity contribution in [2.24, 2.45) is 5.92 Å². The average Bonchev–Trinajstić information content (AvgIpc) is 2.47. The van der Waals surface area contributed by atoms with Crippen molar-refractivity contribution in [3.63, 3.8) is 0 Å². The van der Waals surface area contributed by atoms with Gasteiger partial charge in [-0.1, -0.05) is 18.2 Å². The highest BCUT2D eigenvalue weighted by molar-refractivity contribution is 5.79. The van der Waals surface area contributed by atoms with Crippen LogP contribution in [0, 0.1) is 5.92 Å². The van der Waals surface area contributed by atoms with Crippen molar-refractivity contribution in [3.05, 3.63) is 23.8 Å². The molecule has 1 aliphatic heterocycles. The Morgan fingerprint density at radius 1 is 1.58 bits per heavy atom. The predicted molar refractivity (Wildman–Crippen MR) is 49.7 cm³/mol. The van der Waals surface area contributed by atoms with Crippen molar-refractivity contribution in [2.45, 2.75) is 20.3 Å². The van der Waals surface area contributed by atoms with Crippen LogP contribution in [0.5, 0.6) is 0 Å². The third-order valence-electron chi connectivity index (χ3n) is 2.14. The second-order valence-corrected chi connectivity index (χ2v) is 2.99. The molecule has 1 aliphatic rings. The van der Waals surface area contributed by atoms with Crippen molar-refractivity contribution in [3.8, 4) is 0 Å². The van der Waals surface area contributed by atoms with E-state index < -0.39 is 0 Å². The van der Waals surface area contributed by atoms with Gasteiger partial charge in [-0.25, -0.2) is 0 Å². The van der Waals surface area contributed by atoms with Gasteiger partial charge in [0.1, 0.15) is 0 Å². The zero-order valence-electron chi connectivity index (χ0n) is 7.63. The number of allylic oxidation sites excluding steroid dienone is 3. The Labute approximate surface area is 73.4 Å². The number of carbonyl (C=O) groups is 1. The Balaban J connectivity index is 2.62. The summed E-state index contributed by atoms with van der Waals surface area (Å²) in [6.07, 6.45) is 6.80. The number of carbonyl (C=O) groups excluding carboxylic acids is 1. The molecule has 2 nitrogen and oxygen atoms in total. The fraction of sp³-hybridized carbons (Fsp3) is 0.500. The van der Waals surface area contributed by atoms with Crippen molar-refractivity contribution in [1.82, 2.24) is 5.32 Å². The minimum atomic E-state index is 0.170. The number of hydrogen-bond acceptors (Lipinski definition) is 1. The van der Waals surface area contributed by atoms with E-state index in [1.54, 1.807) is 0 Å². The van der Waals surface area contributed by atoms with E-state index in [2.05, 4.69) is 17.5 Å². The second kappa shape index (κ2) is 4.10. The Hall–Kier alpha value is -1.05. The summed E-state index contributed by atoms with van der Waals surface area (Å²) in [6, 6.07) is 0. The summed E-state index contributed by atoms with van der Waals surface area (Å²) in [6.45, 7) is 4.80. The van der Waals surface area contributed by atoms with E-state index in [0.29, 0.717) is 12.3 Å². The summed E-state index contributed by atoms with van der Waals surface area (Å²) < 4.78 is 0. The smallest absolute Gasteiger partial charge is 0.220 e. The monoisotopic (exact) mass is 165 g/mol. The van der Waals surface area contributed by atoms with Crippen molar-refractivity contribution >= 4 is 5.91 Å². The third-order valence-corrected chi connectivity index (χ3v) is 2.14. The van der Waals surface area contributed by atoms with Crippen LogP contribution in [0.25, 0.3) is 0 Å². The minimum Gasteiger partial charge on any atom is -0.355 e. The van der Waals surface area contributed by atoms with Gasteiger partial charge in [0.2, 0.25) is 5.91 Å². The van der Waals surface area contributed by atoms with Crippen molar-refractivity contribution < 1.29 is 4.79 Å². The lowest BCUT2D eigenvalue weighted by molar-refractivity contribution is -0.119. The summed E-state index contributed by atoms with van der Waals surface area (Å²) in [5.41, 5.74) is 1.26. The van der Waals surface area contributed by atoms with Gasteiger partial charge in [-0.15, -0.1) is 0 Å². The van der Waals surface area contributed by atoms with E-state index in [1.165, 1.54) is 5.57 Å². The molecule has 0 radical (unpaired) electrons. The first-order valence-corrected chi connectivity index (χ1v) is 4.33. The van der Waals surface area contributed by atoms with E-state index in [-0.39, 0.29) is 5.91 Å². The number of rotatable bonds is 2. The fourth-order valence-corrected chi connectivity index (χ4v) is 1.50. The molecule has 0 saturated carbocycles. The summed E-state index contributed by atoms with van der Waals surface area (Å²) in [7, 11) is 0. The number of amides is 1. The van der Waals surface area contributed by atoms with Crippen LogP contribution in [0.4, 0.5) is 0 Å². The lowest BCUT2D eigenvalue weighted by atomic mass is 9.97. The van der Waals surface area contributed by atoms with Gasteiger partial charge in [0.05, 0.1) is 0 Å². The highest BCUT2D eigenvalue weighted by Gasteiger charge is 2.22. The molecule has 0 bridgehead atoms. The van der Waals surface area contributed by atoms with Crippen LogP contribution in [0.15, 0.2) is 23.8 Å². The first kappa shape index (κ1) is 9.04. The Kier molecular flexibility index (Phi) is 3.09. The molecule has 1 N–H and O–H groups in total. The molecule has 12 heavy (non-hydrogen) atoms. The molecule has 1 rings (SSSR count). The molecular weight excluding hydrogens is 150 g/mol. The van der Waals surface area contributed by atoms with Crippen LogP contribution in [0.3, 0.4) is 0 Å². The summed E-state index contributed by atoms with van der Waals surface area (Å²) in [5, 5.41) is 2.83. The largest absolute Gasteiger partial charge is 0.355 e. The normalized spacial score (nSPS) is 25.0. The number of nitrogens with one attached hydrogen (secondary N) is 1. The quantitative estimate of drug-likeness (QED) is 0.619. The van der Waals surface area contributed by atoms with Crippen LogP contribution in [-0.4, -0.2) is 12.5 Å². The van der Waals surface area contributed by atoms with E-state index in [0.717, 1.165) is 6.54 Å².